The van der Waals surface area contributed by atoms with E-state index in [0.717, 1.165) is 37.8 Å². The number of halogens is 1. The molecule has 1 aromatic rings. The molecular weight excluding hydrogens is 350 g/mol. The highest BCUT2D eigenvalue weighted by Gasteiger charge is 2.38. The van der Waals surface area contributed by atoms with Crippen molar-refractivity contribution in [3.05, 3.63) is 15.4 Å². The van der Waals surface area contributed by atoms with Gasteiger partial charge in [-0.15, -0.1) is 11.3 Å². The Kier molecular flexibility index (Phi) is 4.37. The van der Waals surface area contributed by atoms with Gasteiger partial charge >= 0.3 is 0 Å². The van der Waals surface area contributed by atoms with E-state index in [1.54, 1.807) is 6.07 Å². The molecule has 7 heteroatoms. The van der Waals surface area contributed by atoms with Gasteiger partial charge in [0.2, 0.25) is 5.91 Å². The van der Waals surface area contributed by atoms with Gasteiger partial charge in [-0.1, -0.05) is 13.3 Å². The third kappa shape index (κ3) is 2.87. The van der Waals surface area contributed by atoms with Crippen LogP contribution in [0.4, 0.5) is 0 Å². The molecule has 0 saturated carbocycles. The minimum absolute atomic E-state index is 0.164. The number of thiophene rings is 1. The zero-order valence-electron chi connectivity index (χ0n) is 10.8. The van der Waals surface area contributed by atoms with Crippen LogP contribution in [0.15, 0.2) is 14.1 Å². The van der Waals surface area contributed by atoms with E-state index in [1.807, 2.05) is 13.8 Å². The summed E-state index contributed by atoms with van der Waals surface area (Å²) in [4.78, 5) is 11.9. The van der Waals surface area contributed by atoms with Crippen LogP contribution < -0.4 is 0 Å². The Hall–Kier alpha value is -0.400. The van der Waals surface area contributed by atoms with Crippen LogP contribution in [0.3, 0.4) is 0 Å². The van der Waals surface area contributed by atoms with Gasteiger partial charge in [0.1, 0.15) is 4.21 Å². The lowest BCUT2D eigenvalue weighted by Gasteiger charge is -2.15. The minimum atomic E-state index is -3.67. The summed E-state index contributed by atoms with van der Waals surface area (Å²) >= 11 is 4.48. The first-order valence-electron chi connectivity index (χ1n) is 6.17. The average molecular weight is 366 g/mol. The molecule has 0 bridgehead atoms. The highest BCUT2D eigenvalue weighted by molar-refractivity contribution is 9.11. The molecule has 2 heterocycles. The smallest absolute Gasteiger partial charge is 0.274 e. The summed E-state index contributed by atoms with van der Waals surface area (Å²) in [7, 11) is -3.67. The van der Waals surface area contributed by atoms with Gasteiger partial charge in [-0.05, 0) is 46.8 Å². The van der Waals surface area contributed by atoms with Crippen LogP contribution in [0.1, 0.15) is 31.7 Å². The van der Waals surface area contributed by atoms with Crippen LogP contribution in [-0.4, -0.2) is 25.2 Å². The first kappa shape index (κ1) is 15.0. The van der Waals surface area contributed by atoms with Gasteiger partial charge in [0.25, 0.3) is 10.0 Å². The maximum absolute atomic E-state index is 12.5. The second kappa shape index (κ2) is 5.54. The molecule has 106 valence electrons. The molecule has 1 atom stereocenters. The van der Waals surface area contributed by atoms with Crippen molar-refractivity contribution in [2.75, 3.05) is 6.54 Å². The van der Waals surface area contributed by atoms with E-state index in [9.17, 15) is 13.2 Å². The van der Waals surface area contributed by atoms with Crippen molar-refractivity contribution in [3.63, 3.8) is 0 Å². The molecule has 0 radical (unpaired) electrons. The van der Waals surface area contributed by atoms with E-state index in [1.165, 1.54) is 0 Å². The Morgan fingerprint density at radius 1 is 1.53 bits per heavy atom. The molecule has 1 aliphatic heterocycles. The topological polar surface area (TPSA) is 54.5 Å². The molecule has 1 amide bonds. The van der Waals surface area contributed by atoms with Gasteiger partial charge in [0.15, 0.2) is 0 Å². The third-order valence-corrected chi connectivity index (χ3v) is 7.61. The van der Waals surface area contributed by atoms with Crippen molar-refractivity contribution < 1.29 is 13.2 Å². The Balaban J connectivity index is 2.28. The van der Waals surface area contributed by atoms with E-state index in [2.05, 4.69) is 15.9 Å². The molecule has 4 nitrogen and oxygen atoms in total. The lowest BCUT2D eigenvalue weighted by atomic mass is 10.0. The highest BCUT2D eigenvalue weighted by atomic mass is 79.9. The van der Waals surface area contributed by atoms with E-state index >= 15 is 0 Å². The Morgan fingerprint density at radius 2 is 2.21 bits per heavy atom. The molecule has 0 aliphatic carbocycles. The molecule has 0 N–H and O–H groups in total. The SMILES string of the molecule is CCCC1CC(=O)N(S(=O)(=O)c2cc(C)c(Br)s2)C1. The lowest BCUT2D eigenvalue weighted by Crippen LogP contribution is -2.32. The van der Waals surface area contributed by atoms with Crippen LogP contribution in [0, 0.1) is 12.8 Å². The molecular formula is C12H16BrNO3S2. The summed E-state index contributed by atoms with van der Waals surface area (Å²) in [6.07, 6.45) is 2.21. The fraction of sp³-hybridized carbons (Fsp3) is 0.583. The number of aryl methyl sites for hydroxylation is 1. The van der Waals surface area contributed by atoms with Crippen molar-refractivity contribution in [2.45, 2.75) is 37.3 Å². The summed E-state index contributed by atoms with van der Waals surface area (Å²) in [6, 6.07) is 1.62. The van der Waals surface area contributed by atoms with E-state index in [4.69, 9.17) is 0 Å². The molecule has 0 spiro atoms. The van der Waals surface area contributed by atoms with Gasteiger partial charge in [-0.25, -0.2) is 12.7 Å². The summed E-state index contributed by atoms with van der Waals surface area (Å²) in [5, 5.41) is 0. The predicted octanol–water partition coefficient (Wildman–Crippen LogP) is 3.16. The second-order valence-corrected chi connectivity index (χ2v) is 9.27. The average Bonchev–Trinajstić information content (AvgIpc) is 2.85. The number of hydrogen-bond donors (Lipinski definition) is 0. The van der Waals surface area contributed by atoms with E-state index in [0.29, 0.717) is 13.0 Å². The zero-order valence-corrected chi connectivity index (χ0v) is 14.1. The molecule has 1 aliphatic rings. The van der Waals surface area contributed by atoms with Crippen LogP contribution in [0.2, 0.25) is 0 Å². The quantitative estimate of drug-likeness (QED) is 0.823. The van der Waals surface area contributed by atoms with Crippen molar-refractivity contribution >= 4 is 43.2 Å². The largest absolute Gasteiger partial charge is 0.276 e. The van der Waals surface area contributed by atoms with Gasteiger partial charge in [-0.2, -0.15) is 0 Å². The van der Waals surface area contributed by atoms with E-state index < -0.39 is 10.0 Å². The van der Waals surface area contributed by atoms with Crippen LogP contribution in [0.25, 0.3) is 0 Å². The fourth-order valence-corrected chi connectivity index (χ4v) is 6.08. The highest BCUT2D eigenvalue weighted by Crippen LogP contribution is 2.35. The summed E-state index contributed by atoms with van der Waals surface area (Å²) < 4.78 is 27.0. The summed E-state index contributed by atoms with van der Waals surface area (Å²) in [5.41, 5.74) is 0.875. The fourth-order valence-electron chi connectivity index (χ4n) is 2.25. The maximum Gasteiger partial charge on any atom is 0.276 e. The van der Waals surface area contributed by atoms with Gasteiger partial charge < -0.3 is 0 Å². The van der Waals surface area contributed by atoms with Gasteiger partial charge in [0, 0.05) is 13.0 Å². The van der Waals surface area contributed by atoms with Crippen LogP contribution >= 0.6 is 27.3 Å². The minimum Gasteiger partial charge on any atom is -0.274 e. The molecule has 2 rings (SSSR count). The molecule has 1 aromatic heterocycles. The van der Waals surface area contributed by atoms with Crippen molar-refractivity contribution in [2.24, 2.45) is 5.92 Å². The number of sulfonamides is 1. The van der Waals surface area contributed by atoms with E-state index in [-0.39, 0.29) is 16.0 Å². The number of rotatable bonds is 4. The number of nitrogens with zero attached hydrogens (tertiary/aromatic N) is 1. The first-order chi connectivity index (χ1) is 8.86. The standard InChI is InChI=1S/C12H16BrNO3S2/c1-3-4-9-6-10(15)14(7-9)19(16,17)11-5-8(2)12(13)18-11/h5,9H,3-4,6-7H2,1-2H3. The number of hydrogen-bond acceptors (Lipinski definition) is 4. The number of carbonyl (C=O) groups excluding carboxylic acids is 1. The Morgan fingerprint density at radius 3 is 2.74 bits per heavy atom. The third-order valence-electron chi connectivity index (χ3n) is 3.24. The van der Waals surface area contributed by atoms with Crippen molar-refractivity contribution in [1.29, 1.82) is 0 Å². The van der Waals surface area contributed by atoms with Crippen LogP contribution in [0.5, 0.6) is 0 Å². The monoisotopic (exact) mass is 365 g/mol. The van der Waals surface area contributed by atoms with Gasteiger partial charge in [0.05, 0.1) is 3.79 Å². The first-order valence-corrected chi connectivity index (χ1v) is 9.22. The molecule has 1 unspecified atom stereocenters. The molecule has 1 fully saturated rings. The Bertz CT molecular complexity index is 575. The number of amides is 1. The van der Waals surface area contributed by atoms with Crippen LogP contribution in [-0.2, 0) is 14.8 Å². The number of carbonyl (C=O) groups is 1. The summed E-state index contributed by atoms with van der Waals surface area (Å²) in [6.45, 7) is 4.20. The lowest BCUT2D eigenvalue weighted by molar-refractivity contribution is -0.123. The van der Waals surface area contributed by atoms with Gasteiger partial charge in [-0.3, -0.25) is 4.79 Å². The van der Waals surface area contributed by atoms with Crippen molar-refractivity contribution in [3.8, 4) is 0 Å². The molecule has 19 heavy (non-hydrogen) atoms. The summed E-state index contributed by atoms with van der Waals surface area (Å²) in [5.74, 6) is -0.114. The molecule has 0 aromatic carbocycles. The van der Waals surface area contributed by atoms with Crippen molar-refractivity contribution in [1.82, 2.24) is 4.31 Å². The molecule has 1 saturated heterocycles. The zero-order chi connectivity index (χ0) is 14.2. The second-order valence-electron chi connectivity index (χ2n) is 4.81. The Labute approximate surface area is 126 Å². The normalized spacial score (nSPS) is 20.3. The predicted molar refractivity (Wildman–Crippen MR) is 78.7 cm³/mol. The maximum atomic E-state index is 12.5.